The topological polar surface area (TPSA) is 38.4 Å². The van der Waals surface area contributed by atoms with E-state index in [0.717, 1.165) is 22.9 Å². The largest absolute Gasteiger partial charge is 0.420 e. The van der Waals surface area contributed by atoms with E-state index in [1.165, 1.54) is 24.6 Å². The molecule has 0 aliphatic carbocycles. The highest BCUT2D eigenvalue weighted by molar-refractivity contribution is 8.22. The van der Waals surface area contributed by atoms with Crippen LogP contribution in [0.25, 0.3) is 11.1 Å². The maximum absolute atomic E-state index is 11.8. The molecule has 6 heteroatoms. The third-order valence-corrected chi connectivity index (χ3v) is 4.76. The maximum atomic E-state index is 11.8. The van der Waals surface area contributed by atoms with Crippen LogP contribution in [0.3, 0.4) is 0 Å². The number of thiocarbonyl (C=S) groups is 1. The molecule has 0 N–H and O–H groups in total. The van der Waals surface area contributed by atoms with E-state index >= 15 is 0 Å². The van der Waals surface area contributed by atoms with E-state index in [1.54, 1.807) is 10.6 Å². The monoisotopic (exact) mass is 294 g/mol. The first-order valence-electron chi connectivity index (χ1n) is 6.26. The predicted molar refractivity (Wildman–Crippen MR) is 81.5 cm³/mol. The van der Waals surface area contributed by atoms with Crippen molar-refractivity contribution in [1.29, 1.82) is 0 Å². The van der Waals surface area contributed by atoms with Crippen LogP contribution in [-0.2, 0) is 5.88 Å². The second-order valence-corrected chi connectivity index (χ2v) is 6.08. The smallest absolute Gasteiger partial charge is 0.408 e. The lowest BCUT2D eigenvalue weighted by molar-refractivity contribution is 0.525. The van der Waals surface area contributed by atoms with Crippen LogP contribution < -0.4 is 5.76 Å². The SMILES string of the molecule is O=c1oc2ccccc2n1CSC(=S)N1CCCC1. The lowest BCUT2D eigenvalue weighted by Crippen LogP contribution is -2.24. The van der Waals surface area contributed by atoms with Crippen LogP contribution in [0.5, 0.6) is 0 Å². The van der Waals surface area contributed by atoms with Gasteiger partial charge in [0.1, 0.15) is 4.32 Å². The molecule has 0 atom stereocenters. The van der Waals surface area contributed by atoms with Gasteiger partial charge in [0.25, 0.3) is 0 Å². The Morgan fingerprint density at radius 2 is 2.05 bits per heavy atom. The molecule has 1 aromatic heterocycles. The number of fused-ring (bicyclic) bond motifs is 1. The summed E-state index contributed by atoms with van der Waals surface area (Å²) in [4.78, 5) is 14.0. The fourth-order valence-corrected chi connectivity index (χ4v) is 3.44. The maximum Gasteiger partial charge on any atom is 0.420 e. The summed E-state index contributed by atoms with van der Waals surface area (Å²) >= 11 is 6.92. The molecule has 0 saturated carbocycles. The lowest BCUT2D eigenvalue weighted by atomic mass is 10.3. The highest BCUT2D eigenvalue weighted by Gasteiger charge is 2.16. The molecule has 19 heavy (non-hydrogen) atoms. The summed E-state index contributed by atoms with van der Waals surface area (Å²) < 4.78 is 7.69. The highest BCUT2D eigenvalue weighted by atomic mass is 32.2. The van der Waals surface area contributed by atoms with E-state index in [1.807, 2.05) is 18.2 Å². The molecule has 0 bridgehead atoms. The Balaban J connectivity index is 1.76. The molecule has 1 saturated heterocycles. The Morgan fingerprint density at radius 1 is 1.32 bits per heavy atom. The molecule has 100 valence electrons. The predicted octanol–water partition coefficient (Wildman–Crippen LogP) is 2.67. The van der Waals surface area contributed by atoms with Gasteiger partial charge in [-0.25, -0.2) is 4.79 Å². The second-order valence-electron chi connectivity index (χ2n) is 4.50. The van der Waals surface area contributed by atoms with Crippen molar-refractivity contribution in [3.8, 4) is 0 Å². The fraction of sp³-hybridized carbons (Fsp3) is 0.385. The van der Waals surface area contributed by atoms with Crippen molar-refractivity contribution in [2.45, 2.75) is 18.7 Å². The van der Waals surface area contributed by atoms with Crippen LogP contribution in [0.1, 0.15) is 12.8 Å². The molecule has 1 aromatic carbocycles. The summed E-state index contributed by atoms with van der Waals surface area (Å²) in [6.45, 7) is 2.07. The first-order chi connectivity index (χ1) is 9.25. The minimum Gasteiger partial charge on any atom is -0.408 e. The fourth-order valence-electron chi connectivity index (χ4n) is 2.25. The number of thioether (sulfide) groups is 1. The first kappa shape index (κ1) is 12.7. The zero-order valence-electron chi connectivity index (χ0n) is 10.4. The van der Waals surface area contributed by atoms with Gasteiger partial charge in [0.15, 0.2) is 5.58 Å². The summed E-state index contributed by atoms with van der Waals surface area (Å²) in [5.74, 6) is 0.184. The van der Waals surface area contributed by atoms with Crippen molar-refractivity contribution >= 4 is 39.4 Å². The molecular weight excluding hydrogens is 280 g/mol. The Morgan fingerprint density at radius 3 is 2.84 bits per heavy atom. The van der Waals surface area contributed by atoms with E-state index in [4.69, 9.17) is 16.6 Å². The number of hydrogen-bond acceptors (Lipinski definition) is 4. The van der Waals surface area contributed by atoms with Crippen molar-refractivity contribution in [2.75, 3.05) is 13.1 Å². The quantitative estimate of drug-likeness (QED) is 0.796. The summed E-state index contributed by atoms with van der Waals surface area (Å²) in [5.41, 5.74) is 1.45. The summed E-state index contributed by atoms with van der Waals surface area (Å²) in [5, 5.41) is 0. The number of oxazole rings is 1. The Kier molecular flexibility index (Phi) is 3.61. The lowest BCUT2D eigenvalue weighted by Gasteiger charge is -2.17. The summed E-state index contributed by atoms with van der Waals surface area (Å²) in [6.07, 6.45) is 2.41. The molecule has 4 nitrogen and oxygen atoms in total. The second kappa shape index (κ2) is 5.38. The normalized spacial score (nSPS) is 15.3. The van der Waals surface area contributed by atoms with Crippen LogP contribution in [0.15, 0.2) is 33.5 Å². The number of benzene rings is 1. The standard InChI is InChI=1S/C13H14N2O2S2/c16-12-15(10-5-1-2-6-11(10)17-12)9-19-13(18)14-7-3-4-8-14/h1-2,5-6H,3-4,7-9H2. The Bertz CT molecular complexity index is 656. The van der Waals surface area contributed by atoms with Crippen LogP contribution in [0.4, 0.5) is 0 Å². The zero-order valence-corrected chi connectivity index (χ0v) is 12.0. The van der Waals surface area contributed by atoms with E-state index in [9.17, 15) is 4.79 Å². The average Bonchev–Trinajstić information content (AvgIpc) is 3.03. The average molecular weight is 294 g/mol. The summed E-state index contributed by atoms with van der Waals surface area (Å²) in [6, 6.07) is 7.45. The van der Waals surface area contributed by atoms with Gasteiger partial charge in [0.05, 0.1) is 11.4 Å². The number of aromatic nitrogens is 1. The molecule has 0 radical (unpaired) electrons. The number of nitrogens with zero attached hydrogens (tertiary/aromatic N) is 2. The number of hydrogen-bond donors (Lipinski definition) is 0. The van der Waals surface area contributed by atoms with Gasteiger partial charge in [0, 0.05) is 13.1 Å². The summed E-state index contributed by atoms with van der Waals surface area (Å²) in [7, 11) is 0. The van der Waals surface area contributed by atoms with Crippen LogP contribution in [0.2, 0.25) is 0 Å². The number of para-hydroxylation sites is 2. The van der Waals surface area contributed by atoms with Crippen molar-refractivity contribution in [3.63, 3.8) is 0 Å². The molecule has 3 rings (SSSR count). The third-order valence-electron chi connectivity index (χ3n) is 3.26. The molecule has 0 spiro atoms. The van der Waals surface area contributed by atoms with Gasteiger partial charge in [-0.15, -0.1) is 0 Å². The van der Waals surface area contributed by atoms with Gasteiger partial charge in [-0.3, -0.25) is 4.57 Å². The number of rotatable bonds is 2. The van der Waals surface area contributed by atoms with Crippen molar-refractivity contribution in [1.82, 2.24) is 9.47 Å². The zero-order chi connectivity index (χ0) is 13.2. The molecule has 2 heterocycles. The van der Waals surface area contributed by atoms with Crippen LogP contribution in [-0.4, -0.2) is 26.9 Å². The van der Waals surface area contributed by atoms with Gasteiger partial charge in [-0.05, 0) is 25.0 Å². The van der Waals surface area contributed by atoms with Crippen molar-refractivity contribution < 1.29 is 4.42 Å². The number of likely N-dealkylation sites (tertiary alicyclic amines) is 1. The van der Waals surface area contributed by atoms with Gasteiger partial charge in [0.2, 0.25) is 0 Å². The van der Waals surface area contributed by atoms with Gasteiger partial charge in [-0.2, -0.15) is 0 Å². The van der Waals surface area contributed by atoms with Crippen LogP contribution >= 0.6 is 24.0 Å². The van der Waals surface area contributed by atoms with E-state index in [-0.39, 0.29) is 5.76 Å². The molecule has 2 aromatic rings. The van der Waals surface area contributed by atoms with E-state index in [2.05, 4.69) is 4.90 Å². The van der Waals surface area contributed by atoms with Crippen molar-refractivity contribution in [3.05, 3.63) is 34.8 Å². The molecule has 1 fully saturated rings. The van der Waals surface area contributed by atoms with E-state index < -0.39 is 0 Å². The first-order valence-corrected chi connectivity index (χ1v) is 7.65. The molecule has 1 aliphatic rings. The van der Waals surface area contributed by atoms with Crippen LogP contribution in [0, 0.1) is 0 Å². The molecule has 0 unspecified atom stereocenters. The minimum atomic E-state index is -0.321. The van der Waals surface area contributed by atoms with Gasteiger partial charge < -0.3 is 9.32 Å². The molecular formula is C13H14N2O2S2. The Hall–Kier alpha value is -1.27. The molecule has 0 amide bonds. The van der Waals surface area contributed by atoms with Gasteiger partial charge >= 0.3 is 5.76 Å². The third kappa shape index (κ3) is 2.55. The van der Waals surface area contributed by atoms with Gasteiger partial charge in [-0.1, -0.05) is 36.1 Å². The van der Waals surface area contributed by atoms with E-state index in [0.29, 0.717) is 11.5 Å². The van der Waals surface area contributed by atoms with Crippen molar-refractivity contribution in [2.24, 2.45) is 0 Å². The minimum absolute atomic E-state index is 0.321. The Labute approximate surface area is 120 Å². The molecule has 1 aliphatic heterocycles. The highest BCUT2D eigenvalue weighted by Crippen LogP contribution is 2.19.